The second-order valence-electron chi connectivity index (χ2n) is 5.58. The Kier molecular flexibility index (Phi) is 3.55. The molecule has 1 atom stereocenters. The van der Waals surface area contributed by atoms with E-state index in [0.29, 0.717) is 13.0 Å². The van der Waals surface area contributed by atoms with E-state index >= 15 is 0 Å². The first-order valence-corrected chi connectivity index (χ1v) is 6.31. The Balaban J connectivity index is 2.21. The normalized spacial score (nSPS) is 19.6. The van der Waals surface area contributed by atoms with E-state index in [4.69, 9.17) is 4.74 Å². The minimum Gasteiger partial charge on any atom is -0.444 e. The SMILES string of the molecule is CC(C)(C)OC(=O)N1CCC(=O)C1c1cccnc1. The average molecular weight is 262 g/mol. The summed E-state index contributed by atoms with van der Waals surface area (Å²) in [6.45, 7) is 5.82. The lowest BCUT2D eigenvalue weighted by molar-refractivity contribution is -0.120. The Morgan fingerprint density at radius 3 is 2.79 bits per heavy atom. The lowest BCUT2D eigenvalue weighted by Crippen LogP contribution is -2.37. The third-order valence-electron chi connectivity index (χ3n) is 2.84. The van der Waals surface area contributed by atoms with Crippen molar-refractivity contribution >= 4 is 11.9 Å². The maximum absolute atomic E-state index is 12.1. The molecule has 0 N–H and O–H groups in total. The molecule has 5 heteroatoms. The van der Waals surface area contributed by atoms with Crippen molar-refractivity contribution in [1.82, 2.24) is 9.88 Å². The van der Waals surface area contributed by atoms with Gasteiger partial charge in [0.05, 0.1) is 0 Å². The number of rotatable bonds is 1. The van der Waals surface area contributed by atoms with E-state index in [9.17, 15) is 9.59 Å². The number of likely N-dealkylation sites (tertiary alicyclic amines) is 1. The van der Waals surface area contributed by atoms with E-state index in [1.807, 2.05) is 20.8 Å². The molecule has 2 heterocycles. The highest BCUT2D eigenvalue weighted by Gasteiger charge is 2.38. The van der Waals surface area contributed by atoms with Crippen LogP contribution in [0.25, 0.3) is 0 Å². The van der Waals surface area contributed by atoms with Crippen LogP contribution in [0.15, 0.2) is 24.5 Å². The van der Waals surface area contributed by atoms with Crippen LogP contribution in [0, 0.1) is 0 Å². The standard InChI is InChI=1S/C14H18N2O3/c1-14(2,3)19-13(18)16-8-6-11(17)12(16)10-5-4-7-15-9-10/h4-5,7,9,12H,6,8H2,1-3H3. The summed E-state index contributed by atoms with van der Waals surface area (Å²) in [4.78, 5) is 29.6. The van der Waals surface area contributed by atoms with Crippen LogP contribution in [0.4, 0.5) is 4.79 Å². The lowest BCUT2D eigenvalue weighted by Gasteiger charge is -2.27. The van der Waals surface area contributed by atoms with Crippen molar-refractivity contribution in [3.8, 4) is 0 Å². The number of carbonyl (C=O) groups excluding carboxylic acids is 2. The van der Waals surface area contributed by atoms with Crippen molar-refractivity contribution < 1.29 is 14.3 Å². The molecule has 1 aliphatic rings. The molecule has 1 aliphatic heterocycles. The molecule has 0 spiro atoms. The van der Waals surface area contributed by atoms with Gasteiger partial charge in [-0.25, -0.2) is 4.79 Å². The van der Waals surface area contributed by atoms with E-state index in [-0.39, 0.29) is 5.78 Å². The zero-order chi connectivity index (χ0) is 14.0. The number of amides is 1. The minimum absolute atomic E-state index is 0.0267. The van der Waals surface area contributed by atoms with Crippen molar-refractivity contribution in [1.29, 1.82) is 0 Å². The first-order chi connectivity index (χ1) is 8.88. The Morgan fingerprint density at radius 2 is 2.21 bits per heavy atom. The molecule has 0 saturated carbocycles. The summed E-state index contributed by atoms with van der Waals surface area (Å²) in [5.74, 6) is 0.0267. The fraction of sp³-hybridized carbons (Fsp3) is 0.500. The van der Waals surface area contributed by atoms with Gasteiger partial charge in [0.25, 0.3) is 0 Å². The van der Waals surface area contributed by atoms with E-state index in [1.165, 1.54) is 4.90 Å². The van der Waals surface area contributed by atoms with Gasteiger partial charge in [0, 0.05) is 30.9 Å². The molecule has 1 amide bonds. The molecule has 1 saturated heterocycles. The monoisotopic (exact) mass is 262 g/mol. The number of pyridine rings is 1. The van der Waals surface area contributed by atoms with Crippen molar-refractivity contribution in [2.45, 2.75) is 38.8 Å². The minimum atomic E-state index is -0.567. The van der Waals surface area contributed by atoms with Crippen molar-refractivity contribution in [3.05, 3.63) is 30.1 Å². The summed E-state index contributed by atoms with van der Waals surface area (Å²) in [6, 6.07) is 3.00. The molecule has 1 unspecified atom stereocenters. The summed E-state index contributed by atoms with van der Waals surface area (Å²) in [6.07, 6.45) is 3.16. The van der Waals surface area contributed by atoms with Gasteiger partial charge < -0.3 is 4.74 Å². The Bertz CT molecular complexity index is 479. The van der Waals surface area contributed by atoms with E-state index in [2.05, 4.69) is 4.98 Å². The van der Waals surface area contributed by atoms with Crippen LogP contribution in [-0.2, 0) is 9.53 Å². The molecule has 19 heavy (non-hydrogen) atoms. The molecule has 1 aromatic heterocycles. The molecule has 0 radical (unpaired) electrons. The van der Waals surface area contributed by atoms with Gasteiger partial charge in [-0.1, -0.05) is 6.07 Å². The molecule has 0 bridgehead atoms. The molecule has 0 aromatic carbocycles. The summed E-state index contributed by atoms with van der Waals surface area (Å²) in [5, 5.41) is 0. The van der Waals surface area contributed by atoms with Gasteiger partial charge in [-0.15, -0.1) is 0 Å². The number of ketones is 1. The third-order valence-corrected chi connectivity index (χ3v) is 2.84. The first kappa shape index (κ1) is 13.5. The van der Waals surface area contributed by atoms with Crippen LogP contribution in [0.2, 0.25) is 0 Å². The summed E-state index contributed by atoms with van der Waals surface area (Å²) >= 11 is 0. The fourth-order valence-corrected chi connectivity index (χ4v) is 2.09. The number of carbonyl (C=O) groups is 2. The largest absolute Gasteiger partial charge is 0.444 e. The fourth-order valence-electron chi connectivity index (χ4n) is 2.09. The summed E-state index contributed by atoms with van der Waals surface area (Å²) < 4.78 is 5.34. The van der Waals surface area contributed by atoms with Gasteiger partial charge in [0.15, 0.2) is 5.78 Å². The van der Waals surface area contributed by atoms with Gasteiger partial charge in [0.1, 0.15) is 11.6 Å². The van der Waals surface area contributed by atoms with Gasteiger partial charge in [-0.3, -0.25) is 14.7 Å². The molecule has 1 aromatic rings. The van der Waals surface area contributed by atoms with Crippen LogP contribution in [0.5, 0.6) is 0 Å². The van der Waals surface area contributed by atoms with E-state index in [1.54, 1.807) is 24.5 Å². The van der Waals surface area contributed by atoms with Gasteiger partial charge in [-0.2, -0.15) is 0 Å². The predicted octanol–water partition coefficient (Wildman–Crippen LogP) is 2.33. The zero-order valence-electron chi connectivity index (χ0n) is 11.4. The number of hydrogen-bond donors (Lipinski definition) is 0. The maximum Gasteiger partial charge on any atom is 0.411 e. The Morgan fingerprint density at radius 1 is 1.47 bits per heavy atom. The maximum atomic E-state index is 12.1. The number of hydrogen-bond acceptors (Lipinski definition) is 4. The van der Waals surface area contributed by atoms with Gasteiger partial charge in [-0.05, 0) is 26.8 Å². The number of Topliss-reactive ketones (excluding diaryl/α,β-unsaturated/α-hetero) is 1. The first-order valence-electron chi connectivity index (χ1n) is 6.31. The second-order valence-corrected chi connectivity index (χ2v) is 5.58. The number of aromatic nitrogens is 1. The smallest absolute Gasteiger partial charge is 0.411 e. The Hall–Kier alpha value is -1.91. The molecule has 102 valence electrons. The van der Waals surface area contributed by atoms with Crippen molar-refractivity contribution in [2.24, 2.45) is 0 Å². The van der Waals surface area contributed by atoms with E-state index < -0.39 is 17.7 Å². The lowest BCUT2D eigenvalue weighted by atomic mass is 10.1. The summed E-state index contributed by atoms with van der Waals surface area (Å²) in [5.41, 5.74) is 0.165. The highest BCUT2D eigenvalue weighted by atomic mass is 16.6. The van der Waals surface area contributed by atoms with Crippen LogP contribution < -0.4 is 0 Å². The van der Waals surface area contributed by atoms with Crippen LogP contribution in [-0.4, -0.2) is 33.9 Å². The quantitative estimate of drug-likeness (QED) is 0.779. The number of ether oxygens (including phenoxy) is 1. The van der Waals surface area contributed by atoms with Crippen molar-refractivity contribution in [2.75, 3.05) is 6.54 Å². The van der Waals surface area contributed by atoms with Crippen LogP contribution >= 0.6 is 0 Å². The molecule has 1 fully saturated rings. The highest BCUT2D eigenvalue weighted by Crippen LogP contribution is 2.29. The van der Waals surface area contributed by atoms with Crippen molar-refractivity contribution in [3.63, 3.8) is 0 Å². The Labute approximate surface area is 112 Å². The van der Waals surface area contributed by atoms with E-state index in [0.717, 1.165) is 5.56 Å². The predicted molar refractivity (Wildman–Crippen MR) is 69.5 cm³/mol. The number of nitrogens with zero attached hydrogens (tertiary/aromatic N) is 2. The third kappa shape index (κ3) is 3.10. The van der Waals surface area contributed by atoms with Crippen LogP contribution in [0.3, 0.4) is 0 Å². The second kappa shape index (κ2) is 4.99. The molecular weight excluding hydrogens is 244 g/mol. The average Bonchev–Trinajstić information content (AvgIpc) is 2.70. The van der Waals surface area contributed by atoms with Gasteiger partial charge in [0.2, 0.25) is 0 Å². The van der Waals surface area contributed by atoms with Gasteiger partial charge >= 0.3 is 6.09 Å². The van der Waals surface area contributed by atoms with Crippen LogP contribution in [0.1, 0.15) is 38.8 Å². The molecule has 2 rings (SSSR count). The molecule has 5 nitrogen and oxygen atoms in total. The topological polar surface area (TPSA) is 59.5 Å². The zero-order valence-corrected chi connectivity index (χ0v) is 11.4. The molecular formula is C14H18N2O3. The summed E-state index contributed by atoms with van der Waals surface area (Å²) in [7, 11) is 0. The molecule has 0 aliphatic carbocycles. The highest BCUT2D eigenvalue weighted by molar-refractivity contribution is 5.91.